The topological polar surface area (TPSA) is 40.5 Å². The van der Waals surface area contributed by atoms with Crippen LogP contribution in [0.2, 0.25) is 0 Å². The Balaban J connectivity index is 1.82. The van der Waals surface area contributed by atoms with Gasteiger partial charge in [0.15, 0.2) is 29.5 Å². The van der Waals surface area contributed by atoms with Crippen molar-refractivity contribution in [2.24, 2.45) is 11.8 Å². The monoisotopic (exact) mass is 315 g/mol. The summed E-state index contributed by atoms with van der Waals surface area (Å²) in [5.41, 5.74) is -1.67. The van der Waals surface area contributed by atoms with Gasteiger partial charge in [-0.1, -0.05) is 6.42 Å². The fraction of sp³-hybridized carbons (Fsp3) is 0.533. The van der Waals surface area contributed by atoms with Gasteiger partial charge in [-0.25, -0.2) is 17.6 Å². The number of carbonyl (C=O) groups is 1. The number of carbonyl (C=O) groups excluding carboxylic acids is 1. The van der Waals surface area contributed by atoms with Crippen LogP contribution in [0.15, 0.2) is 0 Å². The van der Waals surface area contributed by atoms with Crippen LogP contribution in [0, 0.1) is 35.1 Å². The third-order valence-corrected chi connectivity index (χ3v) is 5.33. The van der Waals surface area contributed by atoms with Gasteiger partial charge in [-0.2, -0.15) is 0 Å². The molecule has 1 N–H and O–H groups in total. The van der Waals surface area contributed by atoms with Gasteiger partial charge in [-0.05, 0) is 31.1 Å². The second kappa shape index (κ2) is 4.44. The van der Waals surface area contributed by atoms with Crippen LogP contribution in [0.3, 0.4) is 0 Å². The summed E-state index contributed by atoms with van der Waals surface area (Å²) in [6.45, 7) is 0. The van der Waals surface area contributed by atoms with E-state index in [0.717, 1.165) is 24.2 Å². The van der Waals surface area contributed by atoms with Crippen LogP contribution >= 0.6 is 0 Å². The molecule has 1 amide bonds. The highest BCUT2D eigenvalue weighted by Crippen LogP contribution is 2.50. The molecule has 1 aliphatic heterocycles. The maximum absolute atomic E-state index is 13.9. The first-order valence-corrected chi connectivity index (χ1v) is 7.28. The van der Waals surface area contributed by atoms with Gasteiger partial charge in [0, 0.05) is 6.04 Å². The fourth-order valence-corrected chi connectivity index (χ4v) is 4.36. The van der Waals surface area contributed by atoms with E-state index in [2.05, 4.69) is 0 Å². The molecule has 0 spiro atoms. The first kappa shape index (κ1) is 14.0. The average Bonchev–Trinajstić information content (AvgIpc) is 3.16. The van der Waals surface area contributed by atoms with Gasteiger partial charge in [-0.3, -0.25) is 4.79 Å². The molecule has 1 heterocycles. The molecule has 0 radical (unpaired) electrons. The first-order valence-electron chi connectivity index (χ1n) is 7.28. The minimum Gasteiger partial charge on any atom is -0.369 e. The molecule has 3 nitrogen and oxygen atoms in total. The number of amides is 1. The maximum Gasteiger partial charge on any atom is 0.260 e. The number of aliphatic hydroxyl groups excluding tert-OH is 1. The minimum absolute atomic E-state index is 0.165. The maximum atomic E-state index is 13.9. The van der Waals surface area contributed by atoms with E-state index >= 15 is 0 Å². The third kappa shape index (κ3) is 1.57. The van der Waals surface area contributed by atoms with Crippen molar-refractivity contribution in [3.63, 3.8) is 0 Å². The molecule has 3 aliphatic rings. The lowest BCUT2D eigenvalue weighted by Crippen LogP contribution is -2.41. The Hall–Kier alpha value is -1.63. The average molecular weight is 315 g/mol. The molecule has 2 bridgehead atoms. The second-order valence-electron chi connectivity index (χ2n) is 6.37. The summed E-state index contributed by atoms with van der Waals surface area (Å²) in [4.78, 5) is 13.4. The summed E-state index contributed by atoms with van der Waals surface area (Å²) in [7, 11) is 0. The molecule has 2 aliphatic carbocycles. The van der Waals surface area contributed by atoms with E-state index in [9.17, 15) is 27.5 Å². The number of aliphatic hydroxyl groups is 1. The highest BCUT2D eigenvalue weighted by molar-refractivity contribution is 5.99. The standard InChI is InChI=1S/C15H13F4NO2/c16-10-8-9(11(17)13(19)12(10)18)15(22)20(14(8)21)7-4-5-1-2-6(7)3-5/h5-7,14,21H,1-4H2/t5-,6+,7?,14?/m0/s1. The molecular weight excluding hydrogens is 302 g/mol. The van der Waals surface area contributed by atoms with E-state index in [-0.39, 0.29) is 12.0 Å². The van der Waals surface area contributed by atoms with Crippen LogP contribution < -0.4 is 0 Å². The van der Waals surface area contributed by atoms with E-state index < -0.39 is 46.5 Å². The van der Waals surface area contributed by atoms with Crippen molar-refractivity contribution in [1.29, 1.82) is 0 Å². The van der Waals surface area contributed by atoms with Crippen molar-refractivity contribution < 1.29 is 27.5 Å². The molecule has 4 rings (SSSR count). The van der Waals surface area contributed by atoms with Crippen molar-refractivity contribution in [3.8, 4) is 0 Å². The lowest BCUT2D eigenvalue weighted by molar-refractivity contribution is -0.0164. The lowest BCUT2D eigenvalue weighted by atomic mass is 9.94. The van der Waals surface area contributed by atoms with Crippen molar-refractivity contribution in [2.75, 3.05) is 0 Å². The van der Waals surface area contributed by atoms with Crippen LogP contribution in [0.25, 0.3) is 0 Å². The summed E-state index contributed by atoms with van der Waals surface area (Å²) in [5.74, 6) is -7.82. The molecule has 2 unspecified atom stereocenters. The van der Waals surface area contributed by atoms with E-state index in [1.165, 1.54) is 0 Å². The molecule has 22 heavy (non-hydrogen) atoms. The van der Waals surface area contributed by atoms with Gasteiger partial charge in [0.1, 0.15) is 0 Å². The van der Waals surface area contributed by atoms with Gasteiger partial charge in [-0.15, -0.1) is 0 Å². The molecule has 1 aromatic carbocycles. The largest absolute Gasteiger partial charge is 0.369 e. The minimum atomic E-state index is -2.02. The van der Waals surface area contributed by atoms with E-state index in [1.54, 1.807) is 0 Å². The Morgan fingerprint density at radius 2 is 1.64 bits per heavy atom. The van der Waals surface area contributed by atoms with Crippen LogP contribution in [0.4, 0.5) is 17.6 Å². The molecule has 2 saturated carbocycles. The molecule has 1 aromatic rings. The zero-order chi connectivity index (χ0) is 15.8. The highest BCUT2D eigenvalue weighted by atomic mass is 19.2. The normalized spacial score (nSPS) is 33.0. The van der Waals surface area contributed by atoms with Crippen LogP contribution in [0.5, 0.6) is 0 Å². The summed E-state index contributed by atoms with van der Waals surface area (Å²) < 4.78 is 54.5. The van der Waals surface area contributed by atoms with Gasteiger partial charge in [0.25, 0.3) is 5.91 Å². The zero-order valence-electron chi connectivity index (χ0n) is 11.5. The quantitative estimate of drug-likeness (QED) is 0.492. The number of halogens is 4. The second-order valence-corrected chi connectivity index (χ2v) is 6.37. The number of nitrogens with zero attached hydrogens (tertiary/aromatic N) is 1. The number of hydrogen-bond donors (Lipinski definition) is 1. The number of hydrogen-bond acceptors (Lipinski definition) is 2. The van der Waals surface area contributed by atoms with Gasteiger partial charge in [0.2, 0.25) is 0 Å². The Morgan fingerprint density at radius 1 is 0.955 bits per heavy atom. The zero-order valence-corrected chi connectivity index (χ0v) is 11.5. The van der Waals surface area contributed by atoms with Gasteiger partial charge in [0.05, 0.1) is 11.1 Å². The van der Waals surface area contributed by atoms with Crippen LogP contribution in [0.1, 0.15) is 47.8 Å². The van der Waals surface area contributed by atoms with Crippen LogP contribution in [-0.4, -0.2) is 22.0 Å². The fourth-order valence-electron chi connectivity index (χ4n) is 4.36. The lowest BCUT2D eigenvalue weighted by Gasteiger charge is -2.33. The van der Waals surface area contributed by atoms with Crippen LogP contribution in [-0.2, 0) is 0 Å². The summed E-state index contributed by atoms with van der Waals surface area (Å²) in [6.07, 6.45) is 1.71. The first-order chi connectivity index (χ1) is 10.4. The molecular formula is C15H13F4NO2. The van der Waals surface area contributed by atoms with Gasteiger partial charge >= 0.3 is 0 Å². The van der Waals surface area contributed by atoms with Crippen molar-refractivity contribution in [3.05, 3.63) is 34.4 Å². The molecule has 0 aromatic heterocycles. The molecule has 118 valence electrons. The highest BCUT2D eigenvalue weighted by Gasteiger charge is 2.51. The molecule has 0 saturated heterocycles. The SMILES string of the molecule is O=C1c2c(F)c(F)c(F)c(F)c2C(O)N1C1C[C@H]2CC[C@@H]1C2. The van der Waals surface area contributed by atoms with Crippen molar-refractivity contribution >= 4 is 5.91 Å². The molecule has 2 fully saturated rings. The molecule has 4 atom stereocenters. The van der Waals surface area contributed by atoms with Gasteiger partial charge < -0.3 is 10.0 Å². The van der Waals surface area contributed by atoms with E-state index in [1.807, 2.05) is 0 Å². The number of rotatable bonds is 1. The predicted molar refractivity (Wildman–Crippen MR) is 66.6 cm³/mol. The Labute approximate surface area is 123 Å². The Bertz CT molecular complexity index is 693. The summed E-state index contributed by atoms with van der Waals surface area (Å²) in [5, 5.41) is 10.2. The van der Waals surface area contributed by atoms with E-state index in [4.69, 9.17) is 0 Å². The number of benzene rings is 1. The third-order valence-electron chi connectivity index (χ3n) is 5.33. The van der Waals surface area contributed by atoms with E-state index in [0.29, 0.717) is 12.3 Å². The van der Waals surface area contributed by atoms with Crippen molar-refractivity contribution in [1.82, 2.24) is 4.90 Å². The smallest absolute Gasteiger partial charge is 0.260 e. The predicted octanol–water partition coefficient (Wildman–Crippen LogP) is 2.88. The summed E-state index contributed by atoms with van der Waals surface area (Å²) >= 11 is 0. The Kier molecular flexibility index (Phi) is 2.82. The summed E-state index contributed by atoms with van der Waals surface area (Å²) in [6, 6.07) is -0.335. The Morgan fingerprint density at radius 3 is 2.23 bits per heavy atom. The number of fused-ring (bicyclic) bond motifs is 3. The molecule has 7 heteroatoms. The van der Waals surface area contributed by atoms with Crippen molar-refractivity contribution in [2.45, 2.75) is 38.0 Å².